The summed E-state index contributed by atoms with van der Waals surface area (Å²) in [5.74, 6) is 0. The highest BCUT2D eigenvalue weighted by Gasteiger charge is 2.32. The maximum Gasteiger partial charge on any atom is 0.244 e. The Balaban J connectivity index is 2.38. The number of nitrogens with zero attached hydrogens (tertiary/aromatic N) is 1. The second-order valence-corrected chi connectivity index (χ2v) is 7.66. The van der Waals surface area contributed by atoms with Crippen LogP contribution < -0.4 is 5.73 Å². The van der Waals surface area contributed by atoms with E-state index in [1.54, 1.807) is 18.2 Å². The molecular weight excluding hydrogens is 372 g/mol. The lowest BCUT2D eigenvalue weighted by molar-refractivity contribution is 0.472. The van der Waals surface area contributed by atoms with Crippen molar-refractivity contribution in [3.63, 3.8) is 0 Å². The van der Waals surface area contributed by atoms with Crippen LogP contribution in [0.1, 0.15) is 6.42 Å². The molecule has 0 bridgehead atoms. The fourth-order valence-corrected chi connectivity index (χ4v) is 5.01. The van der Waals surface area contributed by atoms with Crippen LogP contribution in [0.4, 0.5) is 0 Å². The van der Waals surface area contributed by atoms with E-state index in [4.69, 9.17) is 5.73 Å². The first-order valence-electron chi connectivity index (χ1n) is 5.12. The summed E-state index contributed by atoms with van der Waals surface area (Å²) in [5.41, 5.74) is 5.74. The Morgan fingerprint density at radius 2 is 2.06 bits per heavy atom. The lowest BCUT2D eigenvalue weighted by atomic mass is 10.3. The summed E-state index contributed by atoms with van der Waals surface area (Å²) < 4.78 is 27.5. The van der Waals surface area contributed by atoms with Crippen LogP contribution in [0.25, 0.3) is 0 Å². The lowest BCUT2D eigenvalue weighted by Gasteiger charge is -2.17. The van der Waals surface area contributed by atoms with Crippen molar-refractivity contribution in [1.29, 1.82) is 0 Å². The molecule has 0 saturated carbocycles. The van der Waals surface area contributed by atoms with Gasteiger partial charge in [-0.2, -0.15) is 4.31 Å². The fourth-order valence-electron chi connectivity index (χ4n) is 1.80. The Morgan fingerprint density at radius 3 is 2.59 bits per heavy atom. The summed E-state index contributed by atoms with van der Waals surface area (Å²) >= 11 is 6.58. The second kappa shape index (κ2) is 4.97. The third-order valence-electron chi connectivity index (χ3n) is 2.70. The van der Waals surface area contributed by atoms with E-state index in [1.165, 1.54) is 4.31 Å². The number of hydrogen-bond donors (Lipinski definition) is 1. The van der Waals surface area contributed by atoms with E-state index in [0.29, 0.717) is 24.0 Å². The molecular formula is C10H12Br2N2O2S. The predicted molar refractivity (Wildman–Crippen MR) is 73.2 cm³/mol. The van der Waals surface area contributed by atoms with Crippen LogP contribution >= 0.6 is 31.9 Å². The van der Waals surface area contributed by atoms with Gasteiger partial charge in [-0.05, 0) is 40.5 Å². The van der Waals surface area contributed by atoms with Gasteiger partial charge < -0.3 is 5.73 Å². The second-order valence-electron chi connectivity index (χ2n) is 3.99. The van der Waals surface area contributed by atoms with Crippen molar-refractivity contribution in [2.24, 2.45) is 5.73 Å². The van der Waals surface area contributed by atoms with Crippen LogP contribution in [0.2, 0.25) is 0 Å². The molecule has 2 N–H and O–H groups in total. The van der Waals surface area contributed by atoms with Crippen molar-refractivity contribution in [2.75, 3.05) is 13.1 Å². The zero-order valence-corrected chi connectivity index (χ0v) is 12.9. The summed E-state index contributed by atoms with van der Waals surface area (Å²) in [4.78, 5) is 0.287. The van der Waals surface area contributed by atoms with Gasteiger partial charge >= 0.3 is 0 Å². The maximum absolute atomic E-state index is 12.3. The molecule has 1 aromatic carbocycles. The topological polar surface area (TPSA) is 63.4 Å². The van der Waals surface area contributed by atoms with Crippen molar-refractivity contribution in [3.8, 4) is 0 Å². The van der Waals surface area contributed by atoms with E-state index in [2.05, 4.69) is 31.9 Å². The van der Waals surface area contributed by atoms with Gasteiger partial charge in [0.15, 0.2) is 0 Å². The zero-order chi connectivity index (χ0) is 12.6. The number of benzene rings is 1. The molecule has 0 aromatic heterocycles. The van der Waals surface area contributed by atoms with Crippen molar-refractivity contribution >= 4 is 41.9 Å². The van der Waals surface area contributed by atoms with Crippen LogP contribution in [0.5, 0.6) is 0 Å². The van der Waals surface area contributed by atoms with Gasteiger partial charge in [-0.15, -0.1) is 0 Å². The smallest absolute Gasteiger partial charge is 0.244 e. The summed E-state index contributed by atoms with van der Waals surface area (Å²) in [6.07, 6.45) is 0.716. The predicted octanol–water partition coefficient (Wildman–Crippen LogP) is 1.93. The molecule has 1 fully saturated rings. The number of rotatable bonds is 2. The third-order valence-corrected chi connectivity index (χ3v) is 6.03. The Bertz CT molecular complexity index is 533. The van der Waals surface area contributed by atoms with E-state index in [0.717, 1.165) is 4.47 Å². The normalized spacial score (nSPS) is 21.9. The molecule has 2 rings (SSSR count). The highest BCUT2D eigenvalue weighted by Crippen LogP contribution is 2.29. The first-order chi connectivity index (χ1) is 7.91. The average molecular weight is 384 g/mol. The Hall–Kier alpha value is 0.0500. The zero-order valence-electron chi connectivity index (χ0n) is 8.94. The van der Waals surface area contributed by atoms with Crippen LogP contribution in [0.15, 0.2) is 32.0 Å². The van der Waals surface area contributed by atoms with Gasteiger partial charge in [0, 0.05) is 28.1 Å². The Labute approximate surface area is 117 Å². The van der Waals surface area contributed by atoms with E-state index in [1.807, 2.05) is 0 Å². The first kappa shape index (κ1) is 13.5. The van der Waals surface area contributed by atoms with Gasteiger partial charge in [-0.25, -0.2) is 8.42 Å². The number of sulfonamides is 1. The van der Waals surface area contributed by atoms with Crippen molar-refractivity contribution in [2.45, 2.75) is 17.4 Å². The maximum atomic E-state index is 12.3. The molecule has 1 heterocycles. The first-order valence-corrected chi connectivity index (χ1v) is 8.14. The molecule has 17 heavy (non-hydrogen) atoms. The monoisotopic (exact) mass is 382 g/mol. The summed E-state index contributed by atoms with van der Waals surface area (Å²) in [5, 5.41) is 0. The van der Waals surface area contributed by atoms with E-state index in [-0.39, 0.29) is 10.9 Å². The van der Waals surface area contributed by atoms with Crippen molar-refractivity contribution in [3.05, 3.63) is 27.1 Å². The summed E-state index contributed by atoms with van der Waals surface area (Å²) in [6, 6.07) is 4.98. The van der Waals surface area contributed by atoms with Crippen LogP contribution in [-0.4, -0.2) is 31.9 Å². The lowest BCUT2D eigenvalue weighted by Crippen LogP contribution is -2.32. The van der Waals surface area contributed by atoms with Crippen LogP contribution in [-0.2, 0) is 10.0 Å². The molecule has 4 nitrogen and oxygen atoms in total. The molecule has 0 spiro atoms. The van der Waals surface area contributed by atoms with E-state index in [9.17, 15) is 8.42 Å². The van der Waals surface area contributed by atoms with E-state index < -0.39 is 10.0 Å². The molecule has 1 atom stereocenters. The van der Waals surface area contributed by atoms with Crippen LogP contribution in [0.3, 0.4) is 0 Å². The quantitative estimate of drug-likeness (QED) is 0.848. The number of hydrogen-bond acceptors (Lipinski definition) is 3. The molecule has 94 valence electrons. The molecule has 1 aromatic rings. The van der Waals surface area contributed by atoms with Crippen molar-refractivity contribution in [1.82, 2.24) is 4.31 Å². The van der Waals surface area contributed by atoms with Crippen molar-refractivity contribution < 1.29 is 8.42 Å². The third kappa shape index (κ3) is 2.73. The molecule has 0 aliphatic carbocycles. The van der Waals surface area contributed by atoms with Gasteiger partial charge in [-0.3, -0.25) is 0 Å². The standard InChI is InChI=1S/C10H12Br2N2O2S/c11-7-1-2-10(9(12)5-7)17(15,16)14-4-3-8(13)6-14/h1-2,5,8H,3-4,6,13H2. The van der Waals surface area contributed by atoms with Gasteiger partial charge in [0.25, 0.3) is 0 Å². The van der Waals surface area contributed by atoms with Gasteiger partial charge in [0.2, 0.25) is 10.0 Å². The Morgan fingerprint density at radius 1 is 1.35 bits per heavy atom. The van der Waals surface area contributed by atoms with Gasteiger partial charge in [0.1, 0.15) is 0 Å². The highest BCUT2D eigenvalue weighted by molar-refractivity contribution is 9.11. The number of halogens is 2. The minimum atomic E-state index is -3.43. The molecule has 1 aliphatic heterocycles. The average Bonchev–Trinajstić information content (AvgIpc) is 2.64. The molecule has 1 unspecified atom stereocenters. The minimum Gasteiger partial charge on any atom is -0.326 e. The highest BCUT2D eigenvalue weighted by atomic mass is 79.9. The van der Waals surface area contributed by atoms with Crippen LogP contribution in [0, 0.1) is 0 Å². The molecule has 0 amide bonds. The summed E-state index contributed by atoms with van der Waals surface area (Å²) in [6.45, 7) is 0.886. The molecule has 1 saturated heterocycles. The molecule has 7 heteroatoms. The number of nitrogens with two attached hydrogens (primary N) is 1. The minimum absolute atomic E-state index is 0.0565. The summed E-state index contributed by atoms with van der Waals surface area (Å²) in [7, 11) is -3.43. The largest absolute Gasteiger partial charge is 0.326 e. The molecule has 1 aliphatic rings. The van der Waals surface area contributed by atoms with Gasteiger partial charge in [-0.1, -0.05) is 15.9 Å². The van der Waals surface area contributed by atoms with E-state index >= 15 is 0 Å². The SMILES string of the molecule is NC1CCN(S(=O)(=O)c2ccc(Br)cc2Br)C1. The van der Waals surface area contributed by atoms with Gasteiger partial charge in [0.05, 0.1) is 4.90 Å². The molecule has 0 radical (unpaired) electrons. The Kier molecular flexibility index (Phi) is 3.94. The fraction of sp³-hybridized carbons (Fsp3) is 0.400.